The van der Waals surface area contributed by atoms with E-state index in [0.717, 1.165) is 51.6 Å². The fourth-order valence-corrected chi connectivity index (χ4v) is 4.07. The molecule has 26 heavy (non-hydrogen) atoms. The molecule has 2 aliphatic rings. The van der Waals surface area contributed by atoms with Crippen LogP contribution in [0.1, 0.15) is 12.0 Å². The number of imidazole rings is 1. The Morgan fingerprint density at radius 1 is 1.31 bits per heavy atom. The van der Waals surface area contributed by atoms with Crippen LogP contribution >= 0.6 is 0 Å². The number of benzene rings is 1. The van der Waals surface area contributed by atoms with E-state index in [0.29, 0.717) is 12.5 Å². The van der Waals surface area contributed by atoms with Gasteiger partial charge in [0.1, 0.15) is 11.4 Å². The molecule has 2 saturated heterocycles. The van der Waals surface area contributed by atoms with Crippen molar-refractivity contribution < 1.29 is 14.2 Å². The Morgan fingerprint density at radius 3 is 2.96 bits per heavy atom. The lowest BCUT2D eigenvalue weighted by Crippen LogP contribution is -2.43. The fraction of sp³-hybridized carbons (Fsp3) is 0.550. The van der Waals surface area contributed by atoms with Crippen LogP contribution in [0, 0.1) is 5.92 Å². The van der Waals surface area contributed by atoms with E-state index in [4.69, 9.17) is 14.2 Å². The smallest absolute Gasteiger partial charge is 0.118 e. The van der Waals surface area contributed by atoms with Crippen molar-refractivity contribution >= 4 is 0 Å². The lowest BCUT2D eigenvalue weighted by Gasteiger charge is -2.31. The number of ether oxygens (including phenoxy) is 3. The standard InChI is InChI=1S/C20H27N3O3/c1-24-19-4-2-17(3-5-19)11-22-8-9-25-15-20(14-22)10-18(13-26-20)12-23-7-6-21-16-23/h2-7,16,18H,8-15H2,1H3/t18-,20-/m1/s1. The van der Waals surface area contributed by atoms with Gasteiger partial charge in [0.15, 0.2) is 0 Å². The van der Waals surface area contributed by atoms with Crippen LogP contribution in [0.3, 0.4) is 0 Å². The molecule has 4 rings (SSSR count). The summed E-state index contributed by atoms with van der Waals surface area (Å²) in [5.41, 5.74) is 1.10. The number of aromatic nitrogens is 2. The summed E-state index contributed by atoms with van der Waals surface area (Å²) in [5, 5.41) is 0. The maximum Gasteiger partial charge on any atom is 0.118 e. The van der Waals surface area contributed by atoms with E-state index in [2.05, 4.69) is 26.6 Å². The van der Waals surface area contributed by atoms with Gasteiger partial charge in [0.05, 0.1) is 33.3 Å². The van der Waals surface area contributed by atoms with Gasteiger partial charge in [-0.3, -0.25) is 4.90 Å². The molecule has 1 aromatic heterocycles. The minimum Gasteiger partial charge on any atom is -0.497 e. The van der Waals surface area contributed by atoms with Crippen molar-refractivity contribution in [2.24, 2.45) is 5.92 Å². The lowest BCUT2D eigenvalue weighted by molar-refractivity contribution is -0.0563. The van der Waals surface area contributed by atoms with Crippen molar-refractivity contribution in [3.63, 3.8) is 0 Å². The Morgan fingerprint density at radius 2 is 2.19 bits per heavy atom. The molecule has 6 heteroatoms. The van der Waals surface area contributed by atoms with Gasteiger partial charge in [0.25, 0.3) is 0 Å². The van der Waals surface area contributed by atoms with Gasteiger partial charge in [0.2, 0.25) is 0 Å². The van der Waals surface area contributed by atoms with Gasteiger partial charge in [-0.1, -0.05) is 12.1 Å². The monoisotopic (exact) mass is 357 g/mol. The van der Waals surface area contributed by atoms with Crippen LogP contribution in [0.4, 0.5) is 0 Å². The maximum atomic E-state index is 6.31. The third-order valence-corrected chi connectivity index (χ3v) is 5.31. The molecule has 140 valence electrons. The number of hydrogen-bond donors (Lipinski definition) is 0. The highest BCUT2D eigenvalue weighted by molar-refractivity contribution is 5.27. The molecule has 0 aliphatic carbocycles. The molecular weight excluding hydrogens is 330 g/mol. The second kappa shape index (κ2) is 7.78. The summed E-state index contributed by atoms with van der Waals surface area (Å²) < 4.78 is 19.6. The Hall–Kier alpha value is -1.89. The molecule has 1 spiro atoms. The summed E-state index contributed by atoms with van der Waals surface area (Å²) in [4.78, 5) is 6.59. The second-order valence-electron chi connectivity index (χ2n) is 7.43. The van der Waals surface area contributed by atoms with Crippen molar-refractivity contribution in [1.29, 1.82) is 0 Å². The highest BCUT2D eigenvalue weighted by Crippen LogP contribution is 2.34. The van der Waals surface area contributed by atoms with E-state index < -0.39 is 0 Å². The topological polar surface area (TPSA) is 48.8 Å². The molecule has 2 aliphatic heterocycles. The largest absolute Gasteiger partial charge is 0.497 e. The van der Waals surface area contributed by atoms with Gasteiger partial charge < -0.3 is 18.8 Å². The minimum atomic E-state index is -0.186. The molecular formula is C20H27N3O3. The summed E-state index contributed by atoms with van der Waals surface area (Å²) >= 11 is 0. The van der Waals surface area contributed by atoms with Crippen LogP contribution in [-0.4, -0.2) is 60.1 Å². The molecule has 6 nitrogen and oxygen atoms in total. The molecule has 2 atom stereocenters. The average Bonchev–Trinajstić information content (AvgIpc) is 3.25. The lowest BCUT2D eigenvalue weighted by atomic mass is 9.94. The zero-order valence-electron chi connectivity index (χ0n) is 15.3. The Bertz CT molecular complexity index is 689. The summed E-state index contributed by atoms with van der Waals surface area (Å²) in [6, 6.07) is 8.31. The first-order chi connectivity index (χ1) is 12.7. The predicted octanol–water partition coefficient (Wildman–Crippen LogP) is 2.20. The zero-order chi connectivity index (χ0) is 17.8. The number of rotatable bonds is 5. The summed E-state index contributed by atoms with van der Waals surface area (Å²) in [7, 11) is 1.70. The van der Waals surface area contributed by atoms with Crippen molar-refractivity contribution in [2.75, 3.05) is 40.0 Å². The summed E-state index contributed by atoms with van der Waals surface area (Å²) in [5.74, 6) is 1.40. The normalized spacial score (nSPS) is 26.9. The minimum absolute atomic E-state index is 0.186. The van der Waals surface area contributed by atoms with E-state index >= 15 is 0 Å². The molecule has 0 bridgehead atoms. The van der Waals surface area contributed by atoms with Crippen LogP contribution in [0.15, 0.2) is 43.0 Å². The molecule has 1 aromatic carbocycles. The van der Waals surface area contributed by atoms with Crippen LogP contribution in [0.5, 0.6) is 5.75 Å². The van der Waals surface area contributed by atoms with Gasteiger partial charge in [0, 0.05) is 44.5 Å². The zero-order valence-corrected chi connectivity index (χ0v) is 15.3. The third kappa shape index (κ3) is 4.09. The molecule has 2 fully saturated rings. The highest BCUT2D eigenvalue weighted by atomic mass is 16.5. The van der Waals surface area contributed by atoms with Gasteiger partial charge in [-0.15, -0.1) is 0 Å². The average molecular weight is 357 g/mol. The van der Waals surface area contributed by atoms with Crippen molar-refractivity contribution in [1.82, 2.24) is 14.5 Å². The van der Waals surface area contributed by atoms with Crippen molar-refractivity contribution in [2.45, 2.75) is 25.1 Å². The fourth-order valence-electron chi connectivity index (χ4n) is 4.07. The second-order valence-corrected chi connectivity index (χ2v) is 7.43. The Kier molecular flexibility index (Phi) is 5.24. The number of nitrogens with zero attached hydrogens (tertiary/aromatic N) is 3. The van der Waals surface area contributed by atoms with Crippen LogP contribution < -0.4 is 4.74 Å². The summed E-state index contributed by atoms with van der Waals surface area (Å²) in [6.45, 7) is 5.95. The Labute approximate surface area is 154 Å². The maximum absolute atomic E-state index is 6.31. The van der Waals surface area contributed by atoms with E-state index in [1.807, 2.05) is 30.9 Å². The third-order valence-electron chi connectivity index (χ3n) is 5.31. The SMILES string of the molecule is COc1ccc(CN2CCOC[C@@]3(C[C@H](Cn4ccnc4)CO3)C2)cc1. The van der Waals surface area contributed by atoms with Crippen molar-refractivity contribution in [3.05, 3.63) is 48.5 Å². The predicted molar refractivity (Wildman–Crippen MR) is 98.1 cm³/mol. The first-order valence-corrected chi connectivity index (χ1v) is 9.27. The highest BCUT2D eigenvalue weighted by Gasteiger charge is 2.43. The molecule has 0 saturated carbocycles. The number of hydrogen-bond acceptors (Lipinski definition) is 5. The summed E-state index contributed by atoms with van der Waals surface area (Å²) in [6.07, 6.45) is 6.76. The first-order valence-electron chi connectivity index (χ1n) is 9.27. The quantitative estimate of drug-likeness (QED) is 0.821. The van der Waals surface area contributed by atoms with Gasteiger partial charge >= 0.3 is 0 Å². The first kappa shape index (κ1) is 17.5. The Balaban J connectivity index is 1.39. The van der Waals surface area contributed by atoms with E-state index in [-0.39, 0.29) is 5.60 Å². The van der Waals surface area contributed by atoms with Crippen molar-refractivity contribution in [3.8, 4) is 5.75 Å². The molecule has 0 amide bonds. The molecule has 0 radical (unpaired) electrons. The van der Waals surface area contributed by atoms with Gasteiger partial charge in [-0.2, -0.15) is 0 Å². The van der Waals surface area contributed by atoms with E-state index in [1.54, 1.807) is 7.11 Å². The molecule has 0 N–H and O–H groups in total. The van der Waals surface area contributed by atoms with E-state index in [9.17, 15) is 0 Å². The molecule has 0 unspecified atom stereocenters. The molecule has 2 aromatic rings. The van der Waals surface area contributed by atoms with Crippen LogP contribution in [-0.2, 0) is 22.6 Å². The number of methoxy groups -OCH3 is 1. The van der Waals surface area contributed by atoms with Gasteiger partial charge in [-0.05, 0) is 24.1 Å². The van der Waals surface area contributed by atoms with Crippen LogP contribution in [0.2, 0.25) is 0 Å². The van der Waals surface area contributed by atoms with Gasteiger partial charge in [-0.25, -0.2) is 4.98 Å². The molecule has 3 heterocycles. The van der Waals surface area contributed by atoms with Crippen LogP contribution in [0.25, 0.3) is 0 Å². The van der Waals surface area contributed by atoms with E-state index in [1.165, 1.54) is 5.56 Å².